The molecule has 9 heteroatoms. The fraction of sp³-hybridized carbons (Fsp3) is 0.400. The van der Waals surface area contributed by atoms with E-state index in [2.05, 4.69) is 20.1 Å². The molecule has 0 aliphatic carbocycles. The van der Waals surface area contributed by atoms with Crippen molar-refractivity contribution in [1.82, 2.24) is 19.1 Å². The third-order valence-electron chi connectivity index (χ3n) is 6.67. The predicted molar refractivity (Wildman–Crippen MR) is 130 cm³/mol. The standard InChI is InChI=1S/C25H29N5O3S/c1-18-8-13-21(34(32,33)29-14-5-6-15-29)17-22(18)25(31)26-20-11-9-19(10-12-20)24-28-27-23-7-3-2-4-16-30(23)24/h8-13,17H,2-7,14-16H2,1H3,(H,26,31). The highest BCUT2D eigenvalue weighted by Gasteiger charge is 2.28. The molecule has 178 valence electrons. The Kier molecular flexibility index (Phi) is 6.22. The molecule has 0 radical (unpaired) electrons. The smallest absolute Gasteiger partial charge is 0.255 e. The van der Waals surface area contributed by atoms with E-state index in [0.717, 1.165) is 61.4 Å². The lowest BCUT2D eigenvalue weighted by molar-refractivity contribution is 0.102. The predicted octanol–water partition coefficient (Wildman–Crippen LogP) is 4.02. The molecule has 2 aromatic carbocycles. The van der Waals surface area contributed by atoms with Gasteiger partial charge < -0.3 is 9.88 Å². The molecule has 3 aromatic rings. The summed E-state index contributed by atoms with van der Waals surface area (Å²) in [5.41, 5.74) is 2.66. The lowest BCUT2D eigenvalue weighted by atomic mass is 10.1. The molecule has 1 amide bonds. The molecule has 34 heavy (non-hydrogen) atoms. The first-order chi connectivity index (χ1) is 16.4. The zero-order chi connectivity index (χ0) is 23.7. The van der Waals surface area contributed by atoms with E-state index < -0.39 is 10.0 Å². The maximum atomic E-state index is 13.0. The van der Waals surface area contributed by atoms with Crippen molar-refractivity contribution in [3.8, 4) is 11.4 Å². The fourth-order valence-corrected chi connectivity index (χ4v) is 6.23. The molecular formula is C25H29N5O3S. The van der Waals surface area contributed by atoms with Crippen LogP contribution >= 0.6 is 0 Å². The van der Waals surface area contributed by atoms with Crippen LogP contribution in [0.5, 0.6) is 0 Å². The van der Waals surface area contributed by atoms with Gasteiger partial charge in [0.15, 0.2) is 5.82 Å². The van der Waals surface area contributed by atoms with E-state index in [0.29, 0.717) is 24.3 Å². The molecular weight excluding hydrogens is 450 g/mol. The van der Waals surface area contributed by atoms with Gasteiger partial charge in [-0.25, -0.2) is 8.42 Å². The van der Waals surface area contributed by atoms with Crippen molar-refractivity contribution in [3.63, 3.8) is 0 Å². The number of anilines is 1. The number of nitrogens with zero attached hydrogens (tertiary/aromatic N) is 4. The first-order valence-corrected chi connectivity index (χ1v) is 13.3. The molecule has 1 saturated heterocycles. The first-order valence-electron chi connectivity index (χ1n) is 11.9. The number of hydrogen-bond acceptors (Lipinski definition) is 5. The van der Waals surface area contributed by atoms with Gasteiger partial charge in [-0.15, -0.1) is 10.2 Å². The SMILES string of the molecule is Cc1ccc(S(=O)(=O)N2CCCC2)cc1C(=O)Nc1ccc(-c2nnc3n2CCCCC3)cc1. The summed E-state index contributed by atoms with van der Waals surface area (Å²) in [5.74, 6) is 1.55. The highest BCUT2D eigenvalue weighted by molar-refractivity contribution is 7.89. The van der Waals surface area contributed by atoms with Crippen LogP contribution in [0.2, 0.25) is 0 Å². The number of carbonyl (C=O) groups is 1. The number of rotatable bonds is 5. The third kappa shape index (κ3) is 4.37. The molecule has 3 heterocycles. The Bertz CT molecular complexity index is 1310. The molecule has 1 N–H and O–H groups in total. The van der Waals surface area contributed by atoms with Crippen LogP contribution < -0.4 is 5.32 Å². The minimum Gasteiger partial charge on any atom is -0.322 e. The Morgan fingerprint density at radius 2 is 1.65 bits per heavy atom. The Labute approximate surface area is 200 Å². The second-order valence-electron chi connectivity index (χ2n) is 9.02. The van der Waals surface area contributed by atoms with Crippen LogP contribution in [0.3, 0.4) is 0 Å². The van der Waals surface area contributed by atoms with E-state index in [1.807, 2.05) is 24.3 Å². The van der Waals surface area contributed by atoms with Crippen LogP contribution in [0, 0.1) is 6.92 Å². The van der Waals surface area contributed by atoms with Gasteiger partial charge in [-0.3, -0.25) is 4.79 Å². The normalized spacial score (nSPS) is 16.7. The maximum Gasteiger partial charge on any atom is 0.255 e. The average Bonchev–Trinajstić information content (AvgIpc) is 3.46. The summed E-state index contributed by atoms with van der Waals surface area (Å²) in [5, 5.41) is 11.7. The van der Waals surface area contributed by atoms with Crippen molar-refractivity contribution in [2.45, 2.75) is 56.9 Å². The average molecular weight is 480 g/mol. The van der Waals surface area contributed by atoms with E-state index in [1.165, 1.54) is 16.8 Å². The van der Waals surface area contributed by atoms with E-state index in [-0.39, 0.29) is 10.8 Å². The van der Waals surface area contributed by atoms with E-state index in [9.17, 15) is 13.2 Å². The van der Waals surface area contributed by atoms with Crippen molar-refractivity contribution < 1.29 is 13.2 Å². The highest BCUT2D eigenvalue weighted by atomic mass is 32.2. The van der Waals surface area contributed by atoms with Gasteiger partial charge in [0, 0.05) is 42.9 Å². The zero-order valence-electron chi connectivity index (χ0n) is 19.3. The van der Waals surface area contributed by atoms with Gasteiger partial charge in [-0.05, 0) is 74.6 Å². The molecule has 5 rings (SSSR count). The summed E-state index contributed by atoms with van der Waals surface area (Å²) >= 11 is 0. The Balaban J connectivity index is 1.35. The largest absolute Gasteiger partial charge is 0.322 e. The number of carbonyl (C=O) groups excluding carboxylic acids is 1. The summed E-state index contributed by atoms with van der Waals surface area (Å²) in [6.07, 6.45) is 6.15. The molecule has 1 fully saturated rings. The van der Waals surface area contributed by atoms with Crippen LogP contribution in [0.4, 0.5) is 5.69 Å². The Morgan fingerprint density at radius 3 is 2.41 bits per heavy atom. The lowest BCUT2D eigenvalue weighted by Gasteiger charge is -2.17. The topological polar surface area (TPSA) is 97.2 Å². The fourth-order valence-electron chi connectivity index (χ4n) is 4.68. The summed E-state index contributed by atoms with van der Waals surface area (Å²) in [7, 11) is -3.59. The number of hydrogen-bond donors (Lipinski definition) is 1. The number of benzene rings is 2. The molecule has 2 aliphatic heterocycles. The summed E-state index contributed by atoms with van der Waals surface area (Å²) in [4.78, 5) is 13.2. The minimum absolute atomic E-state index is 0.160. The van der Waals surface area contributed by atoms with E-state index >= 15 is 0 Å². The first kappa shape index (κ1) is 22.7. The number of fused-ring (bicyclic) bond motifs is 1. The highest BCUT2D eigenvalue weighted by Crippen LogP contribution is 2.26. The van der Waals surface area contributed by atoms with Crippen LogP contribution in [-0.2, 0) is 23.0 Å². The van der Waals surface area contributed by atoms with Crippen molar-refractivity contribution >= 4 is 21.6 Å². The maximum absolute atomic E-state index is 13.0. The van der Waals surface area contributed by atoms with E-state index in [1.54, 1.807) is 19.1 Å². The number of aryl methyl sites for hydroxylation is 2. The molecule has 0 saturated carbocycles. The summed E-state index contributed by atoms with van der Waals surface area (Å²) in [6.45, 7) is 3.78. The van der Waals surface area contributed by atoms with Gasteiger partial charge in [0.05, 0.1) is 4.90 Å². The van der Waals surface area contributed by atoms with Crippen LogP contribution in [-0.4, -0.2) is 46.5 Å². The molecule has 0 spiro atoms. The molecule has 0 atom stereocenters. The van der Waals surface area contributed by atoms with Gasteiger partial charge in [0.2, 0.25) is 10.0 Å². The van der Waals surface area contributed by atoms with Gasteiger partial charge in [0.1, 0.15) is 5.82 Å². The molecule has 0 bridgehead atoms. The zero-order valence-corrected chi connectivity index (χ0v) is 20.1. The third-order valence-corrected chi connectivity index (χ3v) is 8.56. The van der Waals surface area contributed by atoms with Crippen molar-refractivity contribution in [1.29, 1.82) is 0 Å². The second kappa shape index (κ2) is 9.31. The number of sulfonamides is 1. The monoisotopic (exact) mass is 479 g/mol. The van der Waals surface area contributed by atoms with Gasteiger partial charge >= 0.3 is 0 Å². The quantitative estimate of drug-likeness (QED) is 0.596. The molecule has 0 unspecified atom stereocenters. The van der Waals surface area contributed by atoms with Crippen LogP contribution in [0.25, 0.3) is 11.4 Å². The molecule has 2 aliphatic rings. The van der Waals surface area contributed by atoms with Gasteiger partial charge in [-0.2, -0.15) is 4.31 Å². The minimum atomic E-state index is -3.59. The number of amides is 1. The summed E-state index contributed by atoms with van der Waals surface area (Å²) in [6, 6.07) is 12.3. The van der Waals surface area contributed by atoms with Crippen molar-refractivity contribution in [3.05, 3.63) is 59.4 Å². The van der Waals surface area contributed by atoms with Gasteiger partial charge in [0.25, 0.3) is 5.91 Å². The van der Waals surface area contributed by atoms with Crippen LogP contribution in [0.1, 0.15) is 53.8 Å². The number of nitrogens with one attached hydrogen (secondary N) is 1. The Morgan fingerprint density at radius 1 is 0.912 bits per heavy atom. The van der Waals surface area contributed by atoms with Gasteiger partial charge in [-0.1, -0.05) is 12.5 Å². The number of aromatic nitrogens is 3. The Hall–Kier alpha value is -3.04. The van der Waals surface area contributed by atoms with E-state index in [4.69, 9.17) is 0 Å². The van der Waals surface area contributed by atoms with Crippen molar-refractivity contribution in [2.24, 2.45) is 0 Å². The molecule has 1 aromatic heterocycles. The van der Waals surface area contributed by atoms with Crippen LogP contribution in [0.15, 0.2) is 47.4 Å². The second-order valence-corrected chi connectivity index (χ2v) is 11.0. The molecule has 8 nitrogen and oxygen atoms in total. The summed E-state index contributed by atoms with van der Waals surface area (Å²) < 4.78 is 29.5. The van der Waals surface area contributed by atoms with Crippen molar-refractivity contribution in [2.75, 3.05) is 18.4 Å². The lowest BCUT2D eigenvalue weighted by Crippen LogP contribution is -2.28.